The minimum atomic E-state index is -2.26. The van der Waals surface area contributed by atoms with Crippen molar-refractivity contribution >= 4 is 17.9 Å². The SMILES string of the molecule is CCCCCCOC(=O)CC(O)(CC(=O)OCC)C(=O)OCC. The fourth-order valence-corrected chi connectivity index (χ4v) is 1.93. The molecule has 0 fully saturated rings. The Balaban J connectivity index is 4.58. The smallest absolute Gasteiger partial charge is 0.339 e. The summed E-state index contributed by atoms with van der Waals surface area (Å²) in [5, 5.41) is 10.3. The molecule has 0 aliphatic rings. The van der Waals surface area contributed by atoms with Gasteiger partial charge in [0.25, 0.3) is 0 Å². The number of esters is 3. The van der Waals surface area contributed by atoms with Crippen LogP contribution in [0.2, 0.25) is 0 Å². The Bertz CT molecular complexity index is 381. The number of unbranched alkanes of at least 4 members (excludes halogenated alkanes) is 3. The van der Waals surface area contributed by atoms with Crippen molar-refractivity contribution in [1.82, 2.24) is 0 Å². The third-order valence-electron chi connectivity index (χ3n) is 3.10. The highest BCUT2D eigenvalue weighted by molar-refractivity contribution is 5.90. The van der Waals surface area contributed by atoms with E-state index in [2.05, 4.69) is 6.92 Å². The third kappa shape index (κ3) is 9.18. The molecule has 0 saturated heterocycles. The second-order valence-corrected chi connectivity index (χ2v) is 5.19. The zero-order chi connectivity index (χ0) is 17.7. The van der Waals surface area contributed by atoms with Gasteiger partial charge in [0.05, 0.1) is 32.7 Å². The van der Waals surface area contributed by atoms with Crippen LogP contribution in [-0.4, -0.2) is 48.4 Å². The van der Waals surface area contributed by atoms with Gasteiger partial charge in [-0.1, -0.05) is 26.2 Å². The summed E-state index contributed by atoms with van der Waals surface area (Å²) in [5.74, 6) is -2.56. The number of hydrogen-bond donors (Lipinski definition) is 1. The summed E-state index contributed by atoms with van der Waals surface area (Å²) in [5.41, 5.74) is -2.26. The average molecular weight is 332 g/mol. The molecule has 7 heteroatoms. The second-order valence-electron chi connectivity index (χ2n) is 5.19. The van der Waals surface area contributed by atoms with Crippen molar-refractivity contribution in [2.24, 2.45) is 0 Å². The van der Waals surface area contributed by atoms with Crippen molar-refractivity contribution in [2.45, 2.75) is 64.9 Å². The predicted octanol–water partition coefficient (Wildman–Crippen LogP) is 1.75. The molecule has 0 bridgehead atoms. The monoisotopic (exact) mass is 332 g/mol. The van der Waals surface area contributed by atoms with Gasteiger partial charge in [-0.25, -0.2) is 4.79 Å². The van der Waals surface area contributed by atoms with E-state index in [1.165, 1.54) is 0 Å². The van der Waals surface area contributed by atoms with Crippen molar-refractivity contribution in [3.05, 3.63) is 0 Å². The molecule has 134 valence electrons. The van der Waals surface area contributed by atoms with E-state index in [9.17, 15) is 19.5 Å². The van der Waals surface area contributed by atoms with E-state index in [0.29, 0.717) is 0 Å². The first-order valence-electron chi connectivity index (χ1n) is 8.10. The molecule has 0 saturated carbocycles. The number of hydrogen-bond acceptors (Lipinski definition) is 7. The molecule has 0 aliphatic carbocycles. The molecule has 0 aliphatic heterocycles. The Kier molecular flexibility index (Phi) is 11.0. The summed E-state index contributed by atoms with van der Waals surface area (Å²) >= 11 is 0. The van der Waals surface area contributed by atoms with E-state index in [1.54, 1.807) is 13.8 Å². The Labute approximate surface area is 137 Å². The van der Waals surface area contributed by atoms with E-state index < -0.39 is 36.4 Å². The summed E-state index contributed by atoms with van der Waals surface area (Å²) in [7, 11) is 0. The van der Waals surface area contributed by atoms with Gasteiger partial charge in [0.15, 0.2) is 5.60 Å². The van der Waals surface area contributed by atoms with E-state index in [0.717, 1.165) is 25.7 Å². The van der Waals surface area contributed by atoms with Crippen LogP contribution in [0.1, 0.15) is 59.3 Å². The van der Waals surface area contributed by atoms with Crippen LogP contribution in [0.25, 0.3) is 0 Å². The maximum absolute atomic E-state index is 11.9. The van der Waals surface area contributed by atoms with Crippen molar-refractivity contribution < 1.29 is 33.7 Å². The van der Waals surface area contributed by atoms with Crippen LogP contribution in [0.3, 0.4) is 0 Å². The molecule has 0 radical (unpaired) electrons. The highest BCUT2D eigenvalue weighted by Crippen LogP contribution is 2.20. The molecule has 1 N–H and O–H groups in total. The second kappa shape index (κ2) is 11.9. The number of carbonyl (C=O) groups is 3. The van der Waals surface area contributed by atoms with Crippen LogP contribution in [0.4, 0.5) is 0 Å². The van der Waals surface area contributed by atoms with E-state index in [1.807, 2.05) is 0 Å². The van der Waals surface area contributed by atoms with E-state index in [4.69, 9.17) is 14.2 Å². The zero-order valence-corrected chi connectivity index (χ0v) is 14.3. The predicted molar refractivity (Wildman–Crippen MR) is 82.6 cm³/mol. The topological polar surface area (TPSA) is 99.1 Å². The normalized spacial score (nSPS) is 13.0. The van der Waals surface area contributed by atoms with Gasteiger partial charge in [-0.05, 0) is 20.3 Å². The van der Waals surface area contributed by atoms with Crippen LogP contribution in [0.15, 0.2) is 0 Å². The largest absolute Gasteiger partial charge is 0.466 e. The molecule has 1 unspecified atom stereocenters. The zero-order valence-electron chi connectivity index (χ0n) is 14.3. The van der Waals surface area contributed by atoms with Gasteiger partial charge in [0.2, 0.25) is 0 Å². The molecule has 0 rings (SSSR count). The summed E-state index contributed by atoms with van der Waals surface area (Å²) in [4.78, 5) is 35.2. The van der Waals surface area contributed by atoms with E-state index >= 15 is 0 Å². The van der Waals surface area contributed by atoms with Gasteiger partial charge in [-0.15, -0.1) is 0 Å². The summed E-state index contributed by atoms with van der Waals surface area (Å²) in [6, 6.07) is 0. The first-order chi connectivity index (χ1) is 10.9. The molecule has 7 nitrogen and oxygen atoms in total. The van der Waals surface area contributed by atoms with Crippen LogP contribution in [0, 0.1) is 0 Å². The van der Waals surface area contributed by atoms with Crippen molar-refractivity contribution in [3.63, 3.8) is 0 Å². The third-order valence-corrected chi connectivity index (χ3v) is 3.10. The lowest BCUT2D eigenvalue weighted by Crippen LogP contribution is -2.44. The van der Waals surface area contributed by atoms with Crippen LogP contribution >= 0.6 is 0 Å². The standard InChI is InChI=1S/C16H28O7/c1-4-7-8-9-10-23-14(18)12-16(20,15(19)22-6-3)11-13(17)21-5-2/h20H,4-12H2,1-3H3. The van der Waals surface area contributed by atoms with Gasteiger partial charge < -0.3 is 19.3 Å². The molecule has 0 aromatic rings. The van der Waals surface area contributed by atoms with Crippen molar-refractivity contribution in [3.8, 4) is 0 Å². The Morgan fingerprint density at radius 3 is 1.91 bits per heavy atom. The van der Waals surface area contributed by atoms with Gasteiger partial charge in [0, 0.05) is 0 Å². The summed E-state index contributed by atoms with van der Waals surface area (Å²) in [6.45, 7) is 5.59. The van der Waals surface area contributed by atoms with Crippen LogP contribution < -0.4 is 0 Å². The molecule has 0 spiro atoms. The van der Waals surface area contributed by atoms with Crippen LogP contribution in [-0.2, 0) is 28.6 Å². The molecule has 1 atom stereocenters. The molecule has 23 heavy (non-hydrogen) atoms. The maximum atomic E-state index is 11.9. The highest BCUT2D eigenvalue weighted by Gasteiger charge is 2.43. The number of carbonyl (C=O) groups excluding carboxylic acids is 3. The lowest BCUT2D eigenvalue weighted by Gasteiger charge is -2.23. The fraction of sp³-hybridized carbons (Fsp3) is 0.812. The Morgan fingerprint density at radius 1 is 0.826 bits per heavy atom. The van der Waals surface area contributed by atoms with Gasteiger partial charge in [-0.2, -0.15) is 0 Å². The van der Waals surface area contributed by atoms with Gasteiger partial charge in [0.1, 0.15) is 0 Å². The highest BCUT2D eigenvalue weighted by atomic mass is 16.6. The molecule has 0 aromatic heterocycles. The van der Waals surface area contributed by atoms with Gasteiger partial charge in [-0.3, -0.25) is 9.59 Å². The van der Waals surface area contributed by atoms with E-state index in [-0.39, 0.29) is 19.8 Å². The lowest BCUT2D eigenvalue weighted by atomic mass is 9.95. The molecule has 0 amide bonds. The number of ether oxygens (including phenoxy) is 3. The number of aliphatic hydroxyl groups is 1. The average Bonchev–Trinajstić information content (AvgIpc) is 2.47. The van der Waals surface area contributed by atoms with Crippen LogP contribution in [0.5, 0.6) is 0 Å². The van der Waals surface area contributed by atoms with Gasteiger partial charge >= 0.3 is 17.9 Å². The molecular weight excluding hydrogens is 304 g/mol. The first-order valence-corrected chi connectivity index (χ1v) is 8.10. The minimum absolute atomic E-state index is 0.0238. The van der Waals surface area contributed by atoms with Crippen molar-refractivity contribution in [1.29, 1.82) is 0 Å². The Morgan fingerprint density at radius 2 is 1.39 bits per heavy atom. The molecule has 0 aromatic carbocycles. The lowest BCUT2D eigenvalue weighted by molar-refractivity contribution is -0.177. The quantitative estimate of drug-likeness (QED) is 0.330. The maximum Gasteiger partial charge on any atom is 0.339 e. The summed E-state index contributed by atoms with van der Waals surface area (Å²) < 4.78 is 14.4. The van der Waals surface area contributed by atoms with Crippen molar-refractivity contribution in [2.75, 3.05) is 19.8 Å². The number of rotatable bonds is 12. The summed E-state index contributed by atoms with van der Waals surface area (Å²) in [6.07, 6.45) is 2.48. The molecule has 0 heterocycles. The Hall–Kier alpha value is -1.63. The first kappa shape index (κ1) is 21.4. The fourth-order valence-electron chi connectivity index (χ4n) is 1.93. The molecular formula is C16H28O7. The minimum Gasteiger partial charge on any atom is -0.466 e.